The van der Waals surface area contributed by atoms with E-state index in [-0.39, 0.29) is 18.1 Å². The van der Waals surface area contributed by atoms with E-state index in [1.807, 2.05) is 19.1 Å². The van der Waals surface area contributed by atoms with Crippen LogP contribution in [0.15, 0.2) is 29.6 Å². The Balaban J connectivity index is 2.22. The van der Waals surface area contributed by atoms with E-state index in [0.29, 0.717) is 23.0 Å². The van der Waals surface area contributed by atoms with Crippen LogP contribution in [0.25, 0.3) is 10.6 Å². The molecule has 1 N–H and O–H groups in total. The number of thiazole rings is 1. The standard InChI is InChI=1S/C15H15ClN2O3S/c1-2-6-18(8-13(19)20)15(21)12-9-22-14(17-12)10-4-3-5-11(16)7-10/h3-5,7,9H,2,6,8H2,1H3,(H,19,20). The fraction of sp³-hybridized carbons (Fsp3) is 0.267. The van der Waals surface area contributed by atoms with E-state index >= 15 is 0 Å². The van der Waals surface area contributed by atoms with Crippen molar-refractivity contribution in [2.75, 3.05) is 13.1 Å². The highest BCUT2D eigenvalue weighted by Crippen LogP contribution is 2.26. The lowest BCUT2D eigenvalue weighted by molar-refractivity contribution is -0.137. The Bertz CT molecular complexity index is 687. The van der Waals surface area contributed by atoms with Crippen molar-refractivity contribution in [3.63, 3.8) is 0 Å². The van der Waals surface area contributed by atoms with Gasteiger partial charge in [-0.1, -0.05) is 30.7 Å². The molecule has 0 aliphatic rings. The minimum absolute atomic E-state index is 0.259. The molecule has 2 rings (SSSR count). The van der Waals surface area contributed by atoms with Gasteiger partial charge in [0.05, 0.1) is 0 Å². The van der Waals surface area contributed by atoms with Crippen LogP contribution in [0.5, 0.6) is 0 Å². The van der Waals surface area contributed by atoms with Crippen LogP contribution in [0, 0.1) is 0 Å². The third kappa shape index (κ3) is 4.05. The molecule has 1 aromatic heterocycles. The van der Waals surface area contributed by atoms with Gasteiger partial charge in [0.25, 0.3) is 5.91 Å². The number of nitrogens with zero attached hydrogens (tertiary/aromatic N) is 2. The molecule has 22 heavy (non-hydrogen) atoms. The Labute approximate surface area is 137 Å². The van der Waals surface area contributed by atoms with Gasteiger partial charge >= 0.3 is 5.97 Å². The Morgan fingerprint density at radius 1 is 1.41 bits per heavy atom. The lowest BCUT2D eigenvalue weighted by atomic mass is 10.2. The first-order valence-electron chi connectivity index (χ1n) is 6.73. The number of carboxylic acids is 1. The molecule has 0 bridgehead atoms. The normalized spacial score (nSPS) is 10.5. The smallest absolute Gasteiger partial charge is 0.323 e. The van der Waals surface area contributed by atoms with Crippen molar-refractivity contribution in [2.45, 2.75) is 13.3 Å². The average molecular weight is 339 g/mol. The maximum Gasteiger partial charge on any atom is 0.323 e. The number of carbonyl (C=O) groups excluding carboxylic acids is 1. The molecule has 0 saturated heterocycles. The highest BCUT2D eigenvalue weighted by Gasteiger charge is 2.20. The summed E-state index contributed by atoms with van der Waals surface area (Å²) in [5.41, 5.74) is 1.09. The second kappa shape index (κ2) is 7.38. The van der Waals surface area contributed by atoms with E-state index in [0.717, 1.165) is 5.56 Å². The molecule has 1 aromatic carbocycles. The van der Waals surface area contributed by atoms with Gasteiger partial charge in [0.15, 0.2) is 0 Å². The molecule has 7 heteroatoms. The van der Waals surface area contributed by atoms with Crippen molar-refractivity contribution in [3.8, 4) is 10.6 Å². The number of hydrogen-bond acceptors (Lipinski definition) is 4. The summed E-state index contributed by atoms with van der Waals surface area (Å²) in [6, 6.07) is 7.21. The average Bonchev–Trinajstić information content (AvgIpc) is 2.95. The van der Waals surface area contributed by atoms with Crippen LogP contribution in [0.2, 0.25) is 5.02 Å². The Kier molecular flexibility index (Phi) is 5.51. The lowest BCUT2D eigenvalue weighted by Gasteiger charge is -2.18. The first-order chi connectivity index (χ1) is 10.5. The predicted molar refractivity (Wildman–Crippen MR) is 86.4 cm³/mol. The lowest BCUT2D eigenvalue weighted by Crippen LogP contribution is -2.36. The molecule has 0 spiro atoms. The summed E-state index contributed by atoms with van der Waals surface area (Å²) in [5.74, 6) is -1.40. The molecular weight excluding hydrogens is 324 g/mol. The molecule has 1 heterocycles. The Morgan fingerprint density at radius 2 is 2.18 bits per heavy atom. The summed E-state index contributed by atoms with van der Waals surface area (Å²) in [4.78, 5) is 28.8. The summed E-state index contributed by atoms with van der Waals surface area (Å²) in [7, 11) is 0. The zero-order chi connectivity index (χ0) is 16.1. The fourth-order valence-electron chi connectivity index (χ4n) is 1.97. The summed E-state index contributed by atoms with van der Waals surface area (Å²) >= 11 is 7.28. The first-order valence-corrected chi connectivity index (χ1v) is 7.99. The number of aliphatic carboxylic acids is 1. The van der Waals surface area contributed by atoms with Crippen molar-refractivity contribution in [2.24, 2.45) is 0 Å². The van der Waals surface area contributed by atoms with Gasteiger partial charge in [-0.25, -0.2) is 4.98 Å². The number of halogens is 1. The number of carbonyl (C=O) groups is 2. The quantitative estimate of drug-likeness (QED) is 0.876. The molecule has 0 unspecified atom stereocenters. The van der Waals surface area contributed by atoms with Crippen LogP contribution < -0.4 is 0 Å². The second-order valence-electron chi connectivity index (χ2n) is 4.67. The monoisotopic (exact) mass is 338 g/mol. The topological polar surface area (TPSA) is 70.5 Å². The second-order valence-corrected chi connectivity index (χ2v) is 5.96. The molecule has 116 valence electrons. The number of rotatable bonds is 6. The minimum atomic E-state index is -1.04. The SMILES string of the molecule is CCCN(CC(=O)O)C(=O)c1csc(-c2cccc(Cl)c2)n1. The number of hydrogen-bond donors (Lipinski definition) is 1. The summed E-state index contributed by atoms with van der Waals surface area (Å²) in [6.45, 7) is 1.95. The molecule has 0 aliphatic heterocycles. The van der Waals surface area contributed by atoms with Crippen LogP contribution in [0.4, 0.5) is 0 Å². The van der Waals surface area contributed by atoms with Gasteiger partial charge in [-0.05, 0) is 18.6 Å². The number of benzene rings is 1. The highest BCUT2D eigenvalue weighted by molar-refractivity contribution is 7.13. The Hall–Kier alpha value is -1.92. The fourth-order valence-corrected chi connectivity index (χ4v) is 2.95. The number of amides is 1. The molecular formula is C15H15ClN2O3S. The molecule has 0 atom stereocenters. The first kappa shape index (κ1) is 16.5. The molecule has 1 amide bonds. The van der Waals surface area contributed by atoms with Crippen LogP contribution >= 0.6 is 22.9 Å². The maximum absolute atomic E-state index is 12.4. The van der Waals surface area contributed by atoms with E-state index in [1.165, 1.54) is 16.2 Å². The molecule has 2 aromatic rings. The Morgan fingerprint density at radius 3 is 2.82 bits per heavy atom. The van der Waals surface area contributed by atoms with Crippen LogP contribution in [0.3, 0.4) is 0 Å². The van der Waals surface area contributed by atoms with Gasteiger partial charge in [0, 0.05) is 22.5 Å². The van der Waals surface area contributed by atoms with Crippen LogP contribution in [-0.2, 0) is 4.79 Å². The number of aromatic nitrogens is 1. The van der Waals surface area contributed by atoms with Gasteiger partial charge < -0.3 is 10.0 Å². The minimum Gasteiger partial charge on any atom is -0.480 e. The van der Waals surface area contributed by atoms with E-state index in [1.54, 1.807) is 17.5 Å². The van der Waals surface area contributed by atoms with E-state index in [9.17, 15) is 9.59 Å². The predicted octanol–water partition coefficient (Wildman–Crippen LogP) is 3.40. The van der Waals surface area contributed by atoms with Crippen molar-refractivity contribution in [1.82, 2.24) is 9.88 Å². The summed E-state index contributed by atoms with van der Waals surface area (Å²) in [5, 5.41) is 11.8. The summed E-state index contributed by atoms with van der Waals surface area (Å²) in [6.07, 6.45) is 0.685. The zero-order valence-electron chi connectivity index (χ0n) is 12.0. The third-order valence-electron chi connectivity index (χ3n) is 2.90. The maximum atomic E-state index is 12.4. The molecule has 0 saturated carbocycles. The van der Waals surface area contributed by atoms with E-state index in [2.05, 4.69) is 4.98 Å². The van der Waals surface area contributed by atoms with Crippen molar-refractivity contribution >= 4 is 34.8 Å². The van der Waals surface area contributed by atoms with Gasteiger partial charge in [0.1, 0.15) is 17.2 Å². The van der Waals surface area contributed by atoms with Crippen LogP contribution in [0.1, 0.15) is 23.8 Å². The number of carboxylic acid groups (broad SMARTS) is 1. The van der Waals surface area contributed by atoms with Crippen molar-refractivity contribution in [1.29, 1.82) is 0 Å². The highest BCUT2D eigenvalue weighted by atomic mass is 35.5. The summed E-state index contributed by atoms with van der Waals surface area (Å²) < 4.78 is 0. The zero-order valence-corrected chi connectivity index (χ0v) is 13.5. The van der Waals surface area contributed by atoms with Gasteiger partial charge in [0.2, 0.25) is 0 Å². The molecule has 5 nitrogen and oxygen atoms in total. The van der Waals surface area contributed by atoms with Gasteiger partial charge in [-0.15, -0.1) is 11.3 Å². The van der Waals surface area contributed by atoms with E-state index in [4.69, 9.17) is 16.7 Å². The van der Waals surface area contributed by atoms with E-state index < -0.39 is 5.97 Å². The third-order valence-corrected chi connectivity index (χ3v) is 4.03. The van der Waals surface area contributed by atoms with Crippen LogP contribution in [-0.4, -0.2) is 40.0 Å². The van der Waals surface area contributed by atoms with Gasteiger partial charge in [-0.3, -0.25) is 9.59 Å². The molecule has 0 fully saturated rings. The van der Waals surface area contributed by atoms with Crippen molar-refractivity contribution < 1.29 is 14.7 Å². The van der Waals surface area contributed by atoms with Crippen molar-refractivity contribution in [3.05, 3.63) is 40.4 Å². The van der Waals surface area contributed by atoms with Gasteiger partial charge in [-0.2, -0.15) is 0 Å². The molecule has 0 radical (unpaired) electrons. The molecule has 0 aliphatic carbocycles. The largest absolute Gasteiger partial charge is 0.480 e.